The van der Waals surface area contributed by atoms with Crippen LogP contribution in [-0.4, -0.2) is 25.7 Å². The van der Waals surface area contributed by atoms with Gasteiger partial charge in [0.15, 0.2) is 0 Å². The summed E-state index contributed by atoms with van der Waals surface area (Å²) < 4.78 is 5.03. The van der Waals surface area contributed by atoms with Crippen molar-refractivity contribution in [3.05, 3.63) is 0 Å². The lowest BCUT2D eigenvalue weighted by Gasteiger charge is -2.10. The highest BCUT2D eigenvalue weighted by atomic mass is 16.5. The lowest BCUT2D eigenvalue weighted by molar-refractivity contribution is -0.143. The number of rotatable bonds is 7. The molecule has 1 unspecified atom stereocenters. The number of hydrogen-bond donors (Lipinski definition) is 1. The minimum Gasteiger partial charge on any atom is -0.464 e. The van der Waals surface area contributed by atoms with Gasteiger partial charge < -0.3 is 4.74 Å². The van der Waals surface area contributed by atoms with Crippen molar-refractivity contribution in [3.63, 3.8) is 0 Å². The fourth-order valence-corrected chi connectivity index (χ4v) is 1.10. The van der Waals surface area contributed by atoms with Crippen LogP contribution in [0.25, 0.3) is 0 Å². The molecule has 0 bridgehead atoms. The third kappa shape index (κ3) is 7.63. The predicted octanol–water partition coefficient (Wildman–Crippen LogP) is 1.19. The quantitative estimate of drug-likeness (QED) is 0.378. The summed E-state index contributed by atoms with van der Waals surface area (Å²) in [6.07, 6.45) is 7.22. The summed E-state index contributed by atoms with van der Waals surface area (Å²) in [6, 6.07) is 0. The van der Waals surface area contributed by atoms with Crippen LogP contribution in [0.15, 0.2) is 0 Å². The number of nitrogens with one attached hydrogen (secondary N) is 1. The maximum atomic E-state index is 11.1. The van der Waals surface area contributed by atoms with Gasteiger partial charge in [-0.1, -0.05) is 26.2 Å². The van der Waals surface area contributed by atoms with Crippen molar-refractivity contribution in [1.82, 2.24) is 5.32 Å². The molecule has 0 amide bonds. The zero-order valence-corrected chi connectivity index (χ0v) is 9.01. The minimum atomic E-state index is -0.233. The first-order chi connectivity index (χ1) is 6.70. The first-order valence-corrected chi connectivity index (χ1v) is 5.00. The highest BCUT2D eigenvalue weighted by molar-refractivity contribution is 5.71. The Hall–Kier alpha value is -1.01. The molecule has 3 nitrogen and oxygen atoms in total. The Morgan fingerprint density at radius 3 is 2.93 bits per heavy atom. The van der Waals surface area contributed by atoms with E-state index in [0.29, 0.717) is 19.1 Å². The Morgan fingerprint density at radius 2 is 2.36 bits per heavy atom. The van der Waals surface area contributed by atoms with Crippen LogP contribution in [0.2, 0.25) is 0 Å². The van der Waals surface area contributed by atoms with Gasteiger partial charge in [0.1, 0.15) is 0 Å². The molecule has 0 aromatic carbocycles. The second kappa shape index (κ2) is 8.58. The molecule has 1 atom stereocenters. The molecular weight excluding hydrogens is 178 g/mol. The summed E-state index contributed by atoms with van der Waals surface area (Å²) in [5.41, 5.74) is 0. The number of carbonyl (C=O) groups excluding carboxylic acids is 1. The van der Waals surface area contributed by atoms with E-state index in [-0.39, 0.29) is 12.5 Å². The molecule has 0 saturated heterocycles. The van der Waals surface area contributed by atoms with Crippen LogP contribution in [0.3, 0.4) is 0 Å². The van der Waals surface area contributed by atoms with Crippen LogP contribution in [0.4, 0.5) is 0 Å². The molecule has 80 valence electrons. The zero-order valence-electron chi connectivity index (χ0n) is 9.01. The molecule has 0 aromatic heterocycles. The van der Waals surface area contributed by atoms with Crippen molar-refractivity contribution >= 4 is 5.97 Å². The largest absolute Gasteiger partial charge is 0.464 e. The highest BCUT2D eigenvalue weighted by Crippen LogP contribution is 2.04. The van der Waals surface area contributed by atoms with Crippen LogP contribution in [0.1, 0.15) is 26.7 Å². The number of ether oxygens (including phenoxy) is 1. The van der Waals surface area contributed by atoms with Gasteiger partial charge in [0.2, 0.25) is 0 Å². The highest BCUT2D eigenvalue weighted by Gasteiger charge is 2.05. The molecule has 0 aromatic rings. The third-order valence-electron chi connectivity index (χ3n) is 1.81. The molecular formula is C11H19NO2. The van der Waals surface area contributed by atoms with E-state index in [1.165, 1.54) is 0 Å². The van der Waals surface area contributed by atoms with Gasteiger partial charge >= 0.3 is 5.97 Å². The molecule has 3 heteroatoms. The summed E-state index contributed by atoms with van der Waals surface area (Å²) in [5, 5.41) is 2.78. The summed E-state index contributed by atoms with van der Waals surface area (Å²) in [5.74, 6) is 2.60. The summed E-state index contributed by atoms with van der Waals surface area (Å²) in [4.78, 5) is 11.1. The number of terminal acetylenes is 1. The average molecular weight is 197 g/mol. The van der Waals surface area contributed by atoms with E-state index in [1.54, 1.807) is 0 Å². The van der Waals surface area contributed by atoms with Gasteiger partial charge in [-0.2, -0.15) is 0 Å². The summed E-state index contributed by atoms with van der Waals surface area (Å²) in [7, 11) is 0. The lowest BCUT2D eigenvalue weighted by Crippen LogP contribution is -2.26. The van der Waals surface area contributed by atoms with Crippen molar-refractivity contribution in [2.24, 2.45) is 5.92 Å². The van der Waals surface area contributed by atoms with Gasteiger partial charge in [-0.25, -0.2) is 0 Å². The molecule has 14 heavy (non-hydrogen) atoms. The van der Waals surface area contributed by atoms with Gasteiger partial charge in [0, 0.05) is 0 Å². The topological polar surface area (TPSA) is 38.3 Å². The fourth-order valence-electron chi connectivity index (χ4n) is 1.10. The second-order valence-corrected chi connectivity index (χ2v) is 3.38. The number of carbonyl (C=O) groups is 1. The first-order valence-electron chi connectivity index (χ1n) is 5.00. The van der Waals surface area contributed by atoms with Crippen molar-refractivity contribution < 1.29 is 9.53 Å². The van der Waals surface area contributed by atoms with Gasteiger partial charge in [0.05, 0.1) is 19.7 Å². The SMILES string of the molecule is C#CCNCC(=O)OCC(C)CCC. The molecule has 0 rings (SSSR count). The Balaban J connectivity index is 3.39. The predicted molar refractivity (Wildman–Crippen MR) is 56.7 cm³/mol. The molecule has 0 radical (unpaired) electrons. The van der Waals surface area contributed by atoms with E-state index in [0.717, 1.165) is 12.8 Å². The van der Waals surface area contributed by atoms with Gasteiger partial charge in [-0.3, -0.25) is 10.1 Å². The smallest absolute Gasteiger partial charge is 0.319 e. The third-order valence-corrected chi connectivity index (χ3v) is 1.81. The molecule has 0 saturated carbocycles. The number of esters is 1. The Bertz CT molecular complexity index is 196. The van der Waals surface area contributed by atoms with Crippen LogP contribution in [0, 0.1) is 18.3 Å². The van der Waals surface area contributed by atoms with Crippen LogP contribution in [0.5, 0.6) is 0 Å². The number of hydrogen-bond acceptors (Lipinski definition) is 3. The zero-order chi connectivity index (χ0) is 10.8. The van der Waals surface area contributed by atoms with Crippen molar-refractivity contribution in [1.29, 1.82) is 0 Å². The summed E-state index contributed by atoms with van der Waals surface area (Å²) >= 11 is 0. The molecule has 0 aliphatic heterocycles. The summed E-state index contributed by atoms with van der Waals surface area (Å²) in [6.45, 7) is 5.30. The van der Waals surface area contributed by atoms with E-state index < -0.39 is 0 Å². The van der Waals surface area contributed by atoms with Gasteiger partial charge in [-0.05, 0) is 12.3 Å². The van der Waals surface area contributed by atoms with Crippen LogP contribution >= 0.6 is 0 Å². The lowest BCUT2D eigenvalue weighted by atomic mass is 10.1. The van der Waals surface area contributed by atoms with E-state index >= 15 is 0 Å². The van der Waals surface area contributed by atoms with E-state index in [4.69, 9.17) is 11.2 Å². The maximum absolute atomic E-state index is 11.1. The average Bonchev–Trinajstić information content (AvgIpc) is 2.16. The van der Waals surface area contributed by atoms with Gasteiger partial charge in [-0.15, -0.1) is 6.42 Å². The van der Waals surface area contributed by atoms with E-state index in [2.05, 4.69) is 25.1 Å². The van der Waals surface area contributed by atoms with Crippen molar-refractivity contribution in [2.45, 2.75) is 26.7 Å². The monoisotopic (exact) mass is 197 g/mol. The van der Waals surface area contributed by atoms with E-state index in [1.807, 2.05) is 0 Å². The molecule has 0 aliphatic rings. The minimum absolute atomic E-state index is 0.197. The normalized spacial score (nSPS) is 11.8. The van der Waals surface area contributed by atoms with E-state index in [9.17, 15) is 4.79 Å². The molecule has 0 heterocycles. The Kier molecular flexibility index (Phi) is 7.96. The van der Waals surface area contributed by atoms with Crippen LogP contribution < -0.4 is 5.32 Å². The standard InChI is InChI=1S/C11H19NO2/c1-4-6-10(3)9-14-11(13)8-12-7-5-2/h2,10,12H,4,6-9H2,1,3H3. The molecule has 0 fully saturated rings. The Labute approximate surface area is 86.2 Å². The van der Waals surface area contributed by atoms with Crippen molar-refractivity contribution in [2.75, 3.05) is 19.7 Å². The molecule has 0 aliphatic carbocycles. The maximum Gasteiger partial charge on any atom is 0.319 e. The van der Waals surface area contributed by atoms with Gasteiger partial charge in [0.25, 0.3) is 0 Å². The molecule has 0 spiro atoms. The van der Waals surface area contributed by atoms with Crippen molar-refractivity contribution in [3.8, 4) is 12.3 Å². The Morgan fingerprint density at radius 1 is 1.64 bits per heavy atom. The second-order valence-electron chi connectivity index (χ2n) is 3.38. The van der Waals surface area contributed by atoms with Crippen LogP contribution in [-0.2, 0) is 9.53 Å². The first kappa shape index (κ1) is 13.0. The molecule has 1 N–H and O–H groups in total. The fraction of sp³-hybridized carbons (Fsp3) is 0.727.